The van der Waals surface area contributed by atoms with Crippen LogP contribution in [0.4, 0.5) is 21.9 Å². The monoisotopic (exact) mass is 690 g/mol. The lowest BCUT2D eigenvalue weighted by Crippen LogP contribution is -2.50. The van der Waals surface area contributed by atoms with E-state index in [1.165, 1.54) is 6.20 Å². The van der Waals surface area contributed by atoms with Crippen LogP contribution >= 0.6 is 34.5 Å². The van der Waals surface area contributed by atoms with Crippen LogP contribution in [0.1, 0.15) is 56.3 Å². The third-order valence-corrected chi connectivity index (χ3v) is 9.50. The van der Waals surface area contributed by atoms with Gasteiger partial charge in [-0.25, -0.2) is 4.79 Å². The molecule has 2 aliphatic heterocycles. The quantitative estimate of drug-likeness (QED) is 0.152. The van der Waals surface area contributed by atoms with Gasteiger partial charge in [-0.3, -0.25) is 9.99 Å². The van der Waals surface area contributed by atoms with Crippen molar-refractivity contribution in [2.24, 2.45) is 0 Å². The maximum absolute atomic E-state index is 12.6. The van der Waals surface area contributed by atoms with Crippen molar-refractivity contribution >= 4 is 68.6 Å². The molecular weight excluding hydrogens is 655 g/mol. The summed E-state index contributed by atoms with van der Waals surface area (Å²) in [6.45, 7) is 8.82. The number of halogens is 2. The van der Waals surface area contributed by atoms with E-state index >= 15 is 0 Å². The number of carbonyl (C=O) groups is 1. The summed E-state index contributed by atoms with van der Waals surface area (Å²) in [6, 6.07) is 13.8. The Morgan fingerprint density at radius 2 is 1.91 bits per heavy atom. The number of likely N-dealkylation sites (tertiary alicyclic amines) is 1. The summed E-state index contributed by atoms with van der Waals surface area (Å²) >= 11 is 14.8. The predicted molar refractivity (Wildman–Crippen MR) is 189 cm³/mol. The number of pyridine rings is 1. The van der Waals surface area contributed by atoms with Gasteiger partial charge in [0.2, 0.25) is 0 Å². The van der Waals surface area contributed by atoms with Gasteiger partial charge in [-0.15, -0.1) is 5.53 Å². The van der Waals surface area contributed by atoms with E-state index in [9.17, 15) is 10.1 Å². The number of benzene rings is 2. The number of fused-ring (bicyclic) bond motifs is 1. The summed E-state index contributed by atoms with van der Waals surface area (Å²) < 4.78 is 5.57. The average molecular weight is 692 g/mol. The summed E-state index contributed by atoms with van der Waals surface area (Å²) in [7, 11) is 0. The van der Waals surface area contributed by atoms with E-state index in [1.54, 1.807) is 16.2 Å². The van der Waals surface area contributed by atoms with E-state index in [0.717, 1.165) is 41.0 Å². The molecule has 0 aliphatic carbocycles. The fourth-order valence-corrected chi connectivity index (χ4v) is 6.80. The molecule has 2 aromatic carbocycles. The van der Waals surface area contributed by atoms with Gasteiger partial charge in [0, 0.05) is 53.3 Å². The van der Waals surface area contributed by atoms with Crippen molar-refractivity contribution in [1.29, 1.82) is 5.26 Å². The van der Waals surface area contributed by atoms with Crippen LogP contribution in [0.25, 0.3) is 10.9 Å². The predicted octanol–water partition coefficient (Wildman–Crippen LogP) is 8.25. The number of nitrogens with zero attached hydrogens (tertiary/aromatic N) is 4. The molecule has 1 fully saturated rings. The van der Waals surface area contributed by atoms with Gasteiger partial charge in [-0.2, -0.15) is 16.6 Å². The molecule has 0 saturated carbocycles. The van der Waals surface area contributed by atoms with Crippen LogP contribution < -0.4 is 21.6 Å². The van der Waals surface area contributed by atoms with Crippen molar-refractivity contribution in [1.82, 2.24) is 25.9 Å². The highest BCUT2D eigenvalue weighted by atomic mass is 35.5. The number of hydrogen-bond donors (Lipinski definition) is 4. The van der Waals surface area contributed by atoms with E-state index < -0.39 is 5.60 Å². The molecule has 4 aromatic rings. The largest absolute Gasteiger partial charge is 0.444 e. The number of piperidine rings is 1. The minimum Gasteiger partial charge on any atom is -0.444 e. The standard InChI is InChI=1S/C34H36Cl2N8O2S/c1-20-5-6-23(14-27(20)35)39-30-22(16-37)17-38-32-26(30)13-24(15-28(32)36)40-31(21-9-12-47-19-21)29-18-44(42-41-29)25-7-10-43(11-8-25)33(45)46-34(2,3)4/h5-6,9,12-15,17-19,25,31,40-42H,7-8,10-11H2,1-4H3,(H,38,39)/t31-/m0/s1. The maximum Gasteiger partial charge on any atom is 0.410 e. The minimum absolute atomic E-state index is 0.191. The molecule has 0 bridgehead atoms. The van der Waals surface area contributed by atoms with Gasteiger partial charge in [0.25, 0.3) is 0 Å². The lowest BCUT2D eigenvalue weighted by Gasteiger charge is -2.36. The zero-order valence-electron chi connectivity index (χ0n) is 26.5. The Kier molecular flexibility index (Phi) is 9.39. The zero-order chi connectivity index (χ0) is 33.3. The Labute approximate surface area is 288 Å². The molecular formula is C34H36Cl2N8O2S. The van der Waals surface area contributed by atoms with E-state index in [4.69, 9.17) is 27.9 Å². The van der Waals surface area contributed by atoms with Gasteiger partial charge in [0.05, 0.1) is 33.5 Å². The number of aromatic nitrogens is 1. The normalized spacial score (nSPS) is 16.0. The third-order valence-electron chi connectivity index (χ3n) is 8.10. The second-order valence-electron chi connectivity index (χ2n) is 12.7. The molecule has 4 N–H and O–H groups in total. The summed E-state index contributed by atoms with van der Waals surface area (Å²) in [4.78, 5) is 18.9. The van der Waals surface area contributed by atoms with Gasteiger partial charge < -0.3 is 25.7 Å². The summed E-state index contributed by atoms with van der Waals surface area (Å²) in [5.41, 5.74) is 12.2. The SMILES string of the molecule is Cc1ccc(Nc2c(C#N)cnc3c(Cl)cc(N[C@H](C4=CN(C5CCN(C(=O)OC(C)(C)C)CC5)NN4)c4ccsc4)cc23)cc1Cl. The Balaban J connectivity index is 1.26. The van der Waals surface area contributed by atoms with Crippen molar-refractivity contribution in [2.75, 3.05) is 23.7 Å². The molecule has 1 saturated heterocycles. The lowest BCUT2D eigenvalue weighted by molar-refractivity contribution is 0.0144. The number of nitrogens with one attached hydrogen (secondary N) is 4. The summed E-state index contributed by atoms with van der Waals surface area (Å²) in [6.07, 6.45) is 4.93. The fraction of sp³-hybridized carbons (Fsp3) is 0.324. The van der Waals surface area contributed by atoms with Crippen LogP contribution in [0, 0.1) is 18.3 Å². The molecule has 244 valence electrons. The molecule has 1 atom stereocenters. The first-order valence-corrected chi connectivity index (χ1v) is 17.0. The molecule has 6 rings (SSSR count). The number of ether oxygens (including phenoxy) is 1. The molecule has 1 amide bonds. The summed E-state index contributed by atoms with van der Waals surface area (Å²) in [5, 5.41) is 25.0. The first-order valence-electron chi connectivity index (χ1n) is 15.3. The molecule has 0 radical (unpaired) electrons. The van der Waals surface area contributed by atoms with Crippen LogP contribution in [0.3, 0.4) is 0 Å². The first-order chi connectivity index (χ1) is 22.5. The van der Waals surface area contributed by atoms with Crippen molar-refractivity contribution in [3.63, 3.8) is 0 Å². The number of hydrogen-bond acceptors (Lipinski definition) is 10. The molecule has 47 heavy (non-hydrogen) atoms. The van der Waals surface area contributed by atoms with E-state index in [-0.39, 0.29) is 18.2 Å². The van der Waals surface area contributed by atoms with Crippen LogP contribution in [0.5, 0.6) is 0 Å². The molecule has 10 nitrogen and oxygen atoms in total. The van der Waals surface area contributed by atoms with Crippen molar-refractivity contribution in [2.45, 2.75) is 58.2 Å². The number of amides is 1. The van der Waals surface area contributed by atoms with Gasteiger partial charge >= 0.3 is 6.09 Å². The molecule has 0 spiro atoms. The molecule has 2 aromatic heterocycles. The summed E-state index contributed by atoms with van der Waals surface area (Å²) in [5.74, 6) is 0. The van der Waals surface area contributed by atoms with E-state index in [0.29, 0.717) is 45.3 Å². The zero-order valence-corrected chi connectivity index (χ0v) is 28.9. The number of nitriles is 1. The smallest absolute Gasteiger partial charge is 0.410 e. The second-order valence-corrected chi connectivity index (χ2v) is 14.3. The van der Waals surface area contributed by atoms with Gasteiger partial charge in [0.15, 0.2) is 0 Å². The van der Waals surface area contributed by atoms with Crippen LogP contribution in [-0.2, 0) is 4.74 Å². The van der Waals surface area contributed by atoms with Gasteiger partial charge in [-0.1, -0.05) is 29.3 Å². The number of hydrazine groups is 2. The Morgan fingerprint density at radius 1 is 1.15 bits per heavy atom. The number of rotatable bonds is 7. The van der Waals surface area contributed by atoms with E-state index in [1.807, 2.05) is 63.4 Å². The maximum atomic E-state index is 12.6. The number of thiophene rings is 1. The van der Waals surface area contributed by atoms with Crippen molar-refractivity contribution in [3.05, 3.63) is 92.0 Å². The first kappa shape index (κ1) is 32.7. The second kappa shape index (κ2) is 13.5. The molecule has 13 heteroatoms. The van der Waals surface area contributed by atoms with Crippen molar-refractivity contribution in [3.8, 4) is 6.07 Å². The third kappa shape index (κ3) is 7.36. The number of carbonyl (C=O) groups excluding carboxylic acids is 1. The van der Waals surface area contributed by atoms with Crippen LogP contribution in [0.2, 0.25) is 10.0 Å². The topological polar surface area (TPSA) is 118 Å². The van der Waals surface area contributed by atoms with Gasteiger partial charge in [0.1, 0.15) is 11.7 Å². The Hall–Kier alpha value is -4.21. The van der Waals surface area contributed by atoms with Crippen LogP contribution in [0.15, 0.2) is 65.3 Å². The highest BCUT2D eigenvalue weighted by Crippen LogP contribution is 2.38. The average Bonchev–Trinajstić information content (AvgIpc) is 3.75. The highest BCUT2D eigenvalue weighted by molar-refractivity contribution is 7.08. The number of aryl methyl sites for hydroxylation is 1. The van der Waals surface area contributed by atoms with Crippen molar-refractivity contribution < 1.29 is 9.53 Å². The minimum atomic E-state index is -0.521. The fourth-order valence-electron chi connectivity index (χ4n) is 5.66. The Morgan fingerprint density at radius 3 is 2.60 bits per heavy atom. The van der Waals surface area contributed by atoms with E-state index in [2.05, 4.69) is 55.3 Å². The Bertz CT molecular complexity index is 1860. The molecule has 0 unspecified atom stereocenters. The highest BCUT2D eigenvalue weighted by Gasteiger charge is 2.32. The molecule has 4 heterocycles. The lowest BCUT2D eigenvalue weighted by atomic mass is 10.0. The van der Waals surface area contributed by atoms with Gasteiger partial charge in [-0.05, 0) is 92.8 Å². The number of anilines is 3. The van der Waals surface area contributed by atoms with Crippen LogP contribution in [-0.4, -0.2) is 45.7 Å². The molecule has 2 aliphatic rings.